The highest BCUT2D eigenvalue weighted by Gasteiger charge is 2.20. The minimum Gasteiger partial charge on any atom is -0.481 e. The third-order valence-electron chi connectivity index (χ3n) is 3.48. The van der Waals surface area contributed by atoms with E-state index in [1.165, 1.54) is 24.0 Å². The number of hydrogen-bond donors (Lipinski definition) is 1. The van der Waals surface area contributed by atoms with Gasteiger partial charge in [0.2, 0.25) is 5.88 Å². The minimum atomic E-state index is 0.624. The first-order chi connectivity index (χ1) is 9.76. The van der Waals surface area contributed by atoms with Gasteiger partial charge in [0.1, 0.15) is 0 Å². The fourth-order valence-electron chi connectivity index (χ4n) is 2.22. The second kappa shape index (κ2) is 5.81. The fourth-order valence-corrected chi connectivity index (χ4v) is 2.42. The van der Waals surface area contributed by atoms with Crippen LogP contribution in [0.25, 0.3) is 11.1 Å². The fraction of sp³-hybridized carbons (Fsp3) is 0.312. The molecule has 0 aliphatic heterocycles. The number of nitrogens with zero attached hydrogens (tertiary/aromatic N) is 1. The Labute approximate surface area is 123 Å². The van der Waals surface area contributed by atoms with Gasteiger partial charge in [-0.2, -0.15) is 0 Å². The molecule has 2 aromatic rings. The van der Waals surface area contributed by atoms with Gasteiger partial charge in [0, 0.05) is 29.9 Å². The molecule has 1 N–H and O–H groups in total. The van der Waals surface area contributed by atoms with E-state index in [-0.39, 0.29) is 0 Å². The average molecular weight is 289 g/mol. The molecular weight excluding hydrogens is 272 g/mol. The Bertz CT molecular complexity index is 611. The molecule has 1 aliphatic rings. The van der Waals surface area contributed by atoms with Crippen molar-refractivity contribution in [3.8, 4) is 17.0 Å². The molecule has 0 unspecified atom stereocenters. The number of aromatic nitrogens is 1. The van der Waals surface area contributed by atoms with E-state index in [1.807, 2.05) is 24.3 Å². The molecule has 1 aromatic carbocycles. The van der Waals surface area contributed by atoms with E-state index in [0.29, 0.717) is 11.9 Å². The van der Waals surface area contributed by atoms with E-state index >= 15 is 0 Å². The van der Waals surface area contributed by atoms with Crippen molar-refractivity contribution in [2.45, 2.75) is 25.4 Å². The predicted molar refractivity (Wildman–Crippen MR) is 81.1 cm³/mol. The summed E-state index contributed by atoms with van der Waals surface area (Å²) >= 11 is 6.13. The van der Waals surface area contributed by atoms with Crippen LogP contribution in [-0.2, 0) is 6.54 Å². The lowest BCUT2D eigenvalue weighted by atomic mass is 10.0. The van der Waals surface area contributed by atoms with Crippen LogP contribution < -0.4 is 10.1 Å². The van der Waals surface area contributed by atoms with Gasteiger partial charge in [-0.1, -0.05) is 17.7 Å². The monoisotopic (exact) mass is 288 g/mol. The first-order valence-electron chi connectivity index (χ1n) is 6.78. The van der Waals surface area contributed by atoms with Crippen LogP contribution in [0.15, 0.2) is 36.5 Å². The largest absolute Gasteiger partial charge is 0.481 e. The van der Waals surface area contributed by atoms with Crippen molar-refractivity contribution in [3.05, 3.63) is 47.1 Å². The van der Waals surface area contributed by atoms with Crippen LogP contribution in [0, 0.1) is 0 Å². The molecule has 3 nitrogen and oxygen atoms in total. The van der Waals surface area contributed by atoms with Crippen LogP contribution in [-0.4, -0.2) is 18.1 Å². The standard InChI is InChI=1S/C16H17ClN2O/c1-20-16-9-11(6-7-18-16)15-5-2-13(17)8-12(15)10-19-14-3-4-14/h2,5-9,14,19H,3-4,10H2,1H3. The molecule has 20 heavy (non-hydrogen) atoms. The second-order valence-electron chi connectivity index (χ2n) is 5.04. The summed E-state index contributed by atoms with van der Waals surface area (Å²) in [6.45, 7) is 0.838. The van der Waals surface area contributed by atoms with Gasteiger partial charge in [0.05, 0.1) is 7.11 Å². The summed E-state index contributed by atoms with van der Waals surface area (Å²) in [5.74, 6) is 0.624. The highest BCUT2D eigenvalue weighted by atomic mass is 35.5. The van der Waals surface area contributed by atoms with Crippen LogP contribution in [0.5, 0.6) is 5.88 Å². The van der Waals surface area contributed by atoms with Gasteiger partial charge in [-0.3, -0.25) is 0 Å². The summed E-state index contributed by atoms with van der Waals surface area (Å²) in [7, 11) is 1.63. The topological polar surface area (TPSA) is 34.1 Å². The highest BCUT2D eigenvalue weighted by molar-refractivity contribution is 6.30. The van der Waals surface area contributed by atoms with Gasteiger partial charge >= 0.3 is 0 Å². The summed E-state index contributed by atoms with van der Waals surface area (Å²) in [4.78, 5) is 4.15. The normalized spacial score (nSPS) is 14.3. The predicted octanol–water partition coefficient (Wildman–Crippen LogP) is 3.66. The number of hydrogen-bond acceptors (Lipinski definition) is 3. The van der Waals surface area contributed by atoms with E-state index in [4.69, 9.17) is 16.3 Å². The molecule has 1 heterocycles. The first kappa shape index (κ1) is 13.4. The van der Waals surface area contributed by atoms with Crippen molar-refractivity contribution >= 4 is 11.6 Å². The molecule has 1 aliphatic carbocycles. The summed E-state index contributed by atoms with van der Waals surface area (Å²) in [5.41, 5.74) is 3.47. The number of ether oxygens (including phenoxy) is 1. The molecule has 0 amide bonds. The van der Waals surface area contributed by atoms with Gasteiger partial charge in [-0.15, -0.1) is 0 Å². The minimum absolute atomic E-state index is 0.624. The Morgan fingerprint density at radius 2 is 2.15 bits per heavy atom. The smallest absolute Gasteiger partial charge is 0.213 e. The lowest BCUT2D eigenvalue weighted by molar-refractivity contribution is 0.398. The van der Waals surface area contributed by atoms with Gasteiger partial charge in [-0.05, 0) is 47.7 Å². The Hall–Kier alpha value is -1.58. The molecule has 0 atom stereocenters. The Morgan fingerprint density at radius 3 is 2.90 bits per heavy atom. The number of benzene rings is 1. The third-order valence-corrected chi connectivity index (χ3v) is 3.72. The van der Waals surface area contributed by atoms with Crippen molar-refractivity contribution < 1.29 is 4.74 Å². The first-order valence-corrected chi connectivity index (χ1v) is 7.16. The average Bonchev–Trinajstić information content (AvgIpc) is 3.29. The van der Waals surface area contributed by atoms with Gasteiger partial charge in [-0.25, -0.2) is 4.98 Å². The molecule has 0 saturated heterocycles. The number of nitrogens with one attached hydrogen (secondary N) is 1. The highest BCUT2D eigenvalue weighted by Crippen LogP contribution is 2.29. The number of methoxy groups -OCH3 is 1. The van der Waals surface area contributed by atoms with Crippen molar-refractivity contribution in [1.82, 2.24) is 10.3 Å². The SMILES string of the molecule is COc1cc(-c2ccc(Cl)cc2CNC2CC2)ccn1. The van der Waals surface area contributed by atoms with Crippen molar-refractivity contribution in [2.24, 2.45) is 0 Å². The molecule has 104 valence electrons. The zero-order chi connectivity index (χ0) is 13.9. The summed E-state index contributed by atoms with van der Waals surface area (Å²) in [6, 6.07) is 10.6. The van der Waals surface area contributed by atoms with E-state index < -0.39 is 0 Å². The zero-order valence-electron chi connectivity index (χ0n) is 11.4. The van der Waals surface area contributed by atoms with Gasteiger partial charge in [0.15, 0.2) is 0 Å². The van der Waals surface area contributed by atoms with E-state index in [1.54, 1.807) is 13.3 Å². The van der Waals surface area contributed by atoms with Crippen LogP contribution >= 0.6 is 11.6 Å². The van der Waals surface area contributed by atoms with E-state index in [0.717, 1.165) is 17.1 Å². The lowest BCUT2D eigenvalue weighted by Crippen LogP contribution is -2.15. The molecule has 1 fully saturated rings. The molecular formula is C16H17ClN2O. The third kappa shape index (κ3) is 3.11. The van der Waals surface area contributed by atoms with Crippen molar-refractivity contribution in [2.75, 3.05) is 7.11 Å². The van der Waals surface area contributed by atoms with Gasteiger partial charge in [0.25, 0.3) is 0 Å². The van der Waals surface area contributed by atoms with Crippen LogP contribution in [0.4, 0.5) is 0 Å². The van der Waals surface area contributed by atoms with Crippen molar-refractivity contribution in [1.29, 1.82) is 0 Å². The molecule has 1 saturated carbocycles. The molecule has 0 spiro atoms. The second-order valence-corrected chi connectivity index (χ2v) is 5.48. The number of rotatable bonds is 5. The van der Waals surface area contributed by atoms with Crippen LogP contribution in [0.1, 0.15) is 18.4 Å². The van der Waals surface area contributed by atoms with E-state index in [2.05, 4.69) is 16.4 Å². The lowest BCUT2D eigenvalue weighted by Gasteiger charge is -2.12. The summed E-state index contributed by atoms with van der Waals surface area (Å²) < 4.78 is 5.20. The molecule has 4 heteroatoms. The Morgan fingerprint density at radius 1 is 1.30 bits per heavy atom. The number of halogens is 1. The Kier molecular flexibility index (Phi) is 3.90. The van der Waals surface area contributed by atoms with Crippen LogP contribution in [0.3, 0.4) is 0 Å². The number of pyridine rings is 1. The Balaban J connectivity index is 1.93. The molecule has 0 bridgehead atoms. The zero-order valence-corrected chi connectivity index (χ0v) is 12.2. The van der Waals surface area contributed by atoms with Crippen molar-refractivity contribution in [3.63, 3.8) is 0 Å². The van der Waals surface area contributed by atoms with Crippen LogP contribution in [0.2, 0.25) is 5.02 Å². The van der Waals surface area contributed by atoms with E-state index in [9.17, 15) is 0 Å². The van der Waals surface area contributed by atoms with Gasteiger partial charge < -0.3 is 10.1 Å². The maximum Gasteiger partial charge on any atom is 0.213 e. The maximum atomic E-state index is 6.13. The maximum absolute atomic E-state index is 6.13. The quantitative estimate of drug-likeness (QED) is 0.912. The molecule has 1 aromatic heterocycles. The molecule has 0 radical (unpaired) electrons. The molecule has 3 rings (SSSR count). The summed E-state index contributed by atoms with van der Waals surface area (Å²) in [6.07, 6.45) is 4.32. The summed E-state index contributed by atoms with van der Waals surface area (Å²) in [5, 5.41) is 4.30.